The van der Waals surface area contributed by atoms with Crippen LogP contribution in [-0.4, -0.2) is 47.1 Å². The molecule has 0 bridgehead atoms. The minimum absolute atomic E-state index is 0. The predicted octanol–water partition coefficient (Wildman–Crippen LogP) is -0.280. The van der Waals surface area contributed by atoms with Crippen molar-refractivity contribution in [1.29, 1.82) is 0 Å². The van der Waals surface area contributed by atoms with E-state index in [1.165, 1.54) is 34.0 Å². The van der Waals surface area contributed by atoms with E-state index in [1.54, 1.807) is 52.5 Å². The molecule has 0 aliphatic carbocycles. The molecule has 28 heavy (non-hydrogen) atoms. The molecule has 3 aromatic rings. The molecule has 0 aromatic carbocycles. The molecule has 1 radical (unpaired) electrons. The van der Waals surface area contributed by atoms with Gasteiger partial charge in [-0.25, -0.2) is 0 Å². The summed E-state index contributed by atoms with van der Waals surface area (Å²) in [5, 5.41) is 56.3. The van der Waals surface area contributed by atoms with Crippen LogP contribution in [0.15, 0.2) is 52.5 Å². The Labute approximate surface area is 214 Å². The molecular formula is C15H24EuO9S3. The van der Waals surface area contributed by atoms with E-state index in [-0.39, 0.29) is 65.8 Å². The first-order chi connectivity index (χ1) is 11.4. The van der Waals surface area contributed by atoms with E-state index in [9.17, 15) is 0 Å². The monoisotopic (exact) mass is 597 g/mol. The Hall–Kier alpha value is 0.324. The van der Waals surface area contributed by atoms with E-state index in [1.807, 2.05) is 0 Å². The third-order valence-corrected chi connectivity index (χ3v) is 5.13. The Morgan fingerprint density at radius 3 is 0.786 bits per heavy atom. The summed E-state index contributed by atoms with van der Waals surface area (Å²) in [4.78, 5) is 1.76. The molecular weight excluding hydrogens is 572 g/mol. The summed E-state index contributed by atoms with van der Waals surface area (Å²) in [6.07, 6.45) is -3.89. The summed E-state index contributed by atoms with van der Waals surface area (Å²) in [5.74, 6) is 0. The first-order valence-electron chi connectivity index (χ1n) is 6.60. The van der Waals surface area contributed by atoms with Crippen molar-refractivity contribution in [3.8, 4) is 0 Å². The summed E-state index contributed by atoms with van der Waals surface area (Å²) in [7, 11) is 0. The second-order valence-electron chi connectivity index (χ2n) is 4.17. The molecule has 0 saturated carbocycles. The summed E-state index contributed by atoms with van der Waals surface area (Å²) in [6.45, 7) is 0. The van der Waals surface area contributed by atoms with Crippen LogP contribution in [-0.2, 0) is 0 Å². The molecule has 13 heteroatoms. The van der Waals surface area contributed by atoms with Crippen LogP contribution in [0, 0.1) is 49.4 Å². The van der Waals surface area contributed by atoms with Crippen LogP contribution in [0.5, 0.6) is 0 Å². The molecule has 0 saturated heterocycles. The number of aliphatic hydroxyl groups excluding tert-OH is 3. The smallest absolute Gasteiger partial charge is 0.187 e. The zero-order valence-electron chi connectivity index (χ0n) is 14.2. The van der Waals surface area contributed by atoms with E-state index < -0.39 is 18.9 Å². The van der Waals surface area contributed by atoms with E-state index in [0.29, 0.717) is 14.6 Å². The van der Waals surface area contributed by atoms with E-state index in [0.717, 1.165) is 0 Å². The Balaban J connectivity index is -0.000000144. The summed E-state index contributed by atoms with van der Waals surface area (Å²) >= 11 is 3.99. The van der Waals surface area contributed by atoms with Gasteiger partial charge in [-0.3, -0.25) is 0 Å². The predicted molar refractivity (Wildman–Crippen MR) is 105 cm³/mol. The first-order valence-corrected chi connectivity index (χ1v) is 9.24. The van der Waals surface area contributed by atoms with Gasteiger partial charge in [-0.05, 0) is 34.3 Å². The summed E-state index contributed by atoms with van der Waals surface area (Å²) in [6, 6.07) is 10.4. The van der Waals surface area contributed by atoms with Crippen molar-refractivity contribution in [1.82, 2.24) is 0 Å². The third kappa shape index (κ3) is 15.2. The van der Waals surface area contributed by atoms with Gasteiger partial charge in [-0.2, -0.15) is 0 Å². The van der Waals surface area contributed by atoms with E-state index in [2.05, 4.69) is 0 Å². The van der Waals surface area contributed by atoms with Crippen molar-refractivity contribution in [2.24, 2.45) is 0 Å². The van der Waals surface area contributed by atoms with Gasteiger partial charge in [0.25, 0.3) is 0 Å². The number of thiophene rings is 3. The molecule has 0 amide bonds. The number of rotatable bonds is 3. The Kier molecular flexibility index (Phi) is 26.3. The summed E-state index contributed by atoms with van der Waals surface area (Å²) in [5.41, 5.74) is 0. The van der Waals surface area contributed by atoms with Crippen molar-refractivity contribution in [3.05, 3.63) is 67.2 Å². The van der Waals surface area contributed by atoms with Crippen LogP contribution in [0.4, 0.5) is 0 Å². The minimum Gasteiger partial charge on any atom is -0.412 e. The van der Waals surface area contributed by atoms with E-state index >= 15 is 0 Å². The standard InChI is InChI=1S/3C5H6O2S.Eu.3H2O/c3*6-5(7)4-2-1-3-8-4;;;;/h3*1-3,5-7H;;3*1H2. The molecule has 0 aliphatic heterocycles. The summed E-state index contributed by atoms with van der Waals surface area (Å²) < 4.78 is 0. The Morgan fingerprint density at radius 1 is 0.500 bits per heavy atom. The molecule has 0 aliphatic rings. The average Bonchev–Trinajstić information content (AvgIpc) is 3.29. The topological polar surface area (TPSA) is 216 Å². The SMILES string of the molecule is O.O.O.OC(O)c1cccs1.OC(O)c1cccs1.OC(O)c1cccs1.[Eu]. The Bertz CT molecular complexity index is 539. The van der Waals surface area contributed by atoms with Crippen molar-refractivity contribution in [3.63, 3.8) is 0 Å². The largest absolute Gasteiger partial charge is 0.412 e. The zero-order chi connectivity index (χ0) is 17.9. The maximum absolute atomic E-state index is 8.48. The molecule has 3 rings (SSSR count). The zero-order valence-corrected chi connectivity index (χ0v) is 19.1. The van der Waals surface area contributed by atoms with Crippen LogP contribution < -0.4 is 0 Å². The van der Waals surface area contributed by atoms with Gasteiger partial charge in [0.15, 0.2) is 18.9 Å². The van der Waals surface area contributed by atoms with Crippen LogP contribution in [0.25, 0.3) is 0 Å². The second kappa shape index (κ2) is 20.6. The molecule has 0 unspecified atom stereocenters. The molecule has 3 heterocycles. The van der Waals surface area contributed by atoms with Crippen molar-refractivity contribution >= 4 is 34.0 Å². The number of hydrogen-bond acceptors (Lipinski definition) is 9. The quantitative estimate of drug-likeness (QED) is 0.223. The molecule has 0 fully saturated rings. The molecule has 9 nitrogen and oxygen atoms in total. The van der Waals surface area contributed by atoms with Gasteiger partial charge in [0, 0.05) is 49.4 Å². The molecule has 163 valence electrons. The molecule has 3 aromatic heterocycles. The van der Waals surface area contributed by atoms with Crippen LogP contribution in [0.2, 0.25) is 0 Å². The van der Waals surface area contributed by atoms with Gasteiger partial charge in [0.1, 0.15) is 0 Å². The van der Waals surface area contributed by atoms with Gasteiger partial charge in [0.05, 0.1) is 14.6 Å². The molecule has 0 atom stereocenters. The van der Waals surface area contributed by atoms with Gasteiger partial charge >= 0.3 is 0 Å². The fourth-order valence-corrected chi connectivity index (χ4v) is 3.09. The average molecular weight is 597 g/mol. The van der Waals surface area contributed by atoms with Gasteiger partial charge in [0.2, 0.25) is 0 Å². The maximum atomic E-state index is 8.48. The second-order valence-corrected chi connectivity index (χ2v) is 7.11. The van der Waals surface area contributed by atoms with Crippen molar-refractivity contribution < 1.29 is 96.4 Å². The minimum atomic E-state index is -1.30. The normalized spacial score (nSPS) is 8.89. The van der Waals surface area contributed by atoms with Gasteiger partial charge in [-0.1, -0.05) is 18.2 Å². The van der Waals surface area contributed by atoms with Crippen LogP contribution in [0.3, 0.4) is 0 Å². The van der Waals surface area contributed by atoms with Crippen molar-refractivity contribution in [2.75, 3.05) is 0 Å². The fourth-order valence-electron chi connectivity index (χ4n) is 1.31. The van der Waals surface area contributed by atoms with Crippen LogP contribution in [0.1, 0.15) is 33.5 Å². The fraction of sp³-hybridized carbons (Fsp3) is 0.200. The number of aliphatic hydroxyl groups is 6. The van der Waals surface area contributed by atoms with Gasteiger partial charge < -0.3 is 47.1 Å². The van der Waals surface area contributed by atoms with Crippen molar-refractivity contribution in [2.45, 2.75) is 18.9 Å². The van der Waals surface area contributed by atoms with Gasteiger partial charge in [-0.15, -0.1) is 34.0 Å². The molecule has 12 N–H and O–H groups in total. The molecule has 0 spiro atoms. The van der Waals surface area contributed by atoms with Crippen LogP contribution >= 0.6 is 34.0 Å². The first kappa shape index (κ1) is 35.7. The maximum Gasteiger partial charge on any atom is 0.187 e. The van der Waals surface area contributed by atoms with E-state index in [4.69, 9.17) is 30.6 Å². The third-order valence-electron chi connectivity index (χ3n) is 2.39. The Morgan fingerprint density at radius 2 is 0.714 bits per heavy atom. The number of hydrogen-bond donors (Lipinski definition) is 6.